The van der Waals surface area contributed by atoms with Crippen LogP contribution in [0.3, 0.4) is 0 Å². The molecule has 0 saturated carbocycles. The Labute approximate surface area is 162 Å². The lowest BCUT2D eigenvalue weighted by molar-refractivity contribution is -0.133. The third-order valence-corrected chi connectivity index (χ3v) is 4.95. The number of carbonyl (C=O) groups is 2. The van der Waals surface area contributed by atoms with Crippen LogP contribution in [0.1, 0.15) is 46.5 Å². The van der Waals surface area contributed by atoms with E-state index in [9.17, 15) is 9.59 Å². The molecule has 0 aromatic heterocycles. The molecule has 0 radical (unpaired) electrons. The summed E-state index contributed by atoms with van der Waals surface area (Å²) in [5, 5.41) is 6.39. The number of nitrogens with zero attached hydrogens (tertiary/aromatic N) is 1. The normalized spacial score (nSPS) is 14.9. The van der Waals surface area contributed by atoms with Crippen LogP contribution in [0.25, 0.3) is 0 Å². The van der Waals surface area contributed by atoms with Crippen molar-refractivity contribution < 1.29 is 14.3 Å². The van der Waals surface area contributed by atoms with Gasteiger partial charge in [0.25, 0.3) is 0 Å². The molecule has 1 aromatic rings. The molecule has 1 saturated heterocycles. The predicted octanol–water partition coefficient (Wildman–Crippen LogP) is 3.74. The zero-order valence-electron chi connectivity index (χ0n) is 17.0. The lowest BCUT2D eigenvalue weighted by atomic mass is 9.96. The molecule has 0 aliphatic carbocycles. The van der Waals surface area contributed by atoms with E-state index < -0.39 is 0 Å². The van der Waals surface area contributed by atoms with E-state index >= 15 is 0 Å². The Kier molecular flexibility index (Phi) is 7.95. The molecule has 6 heteroatoms. The van der Waals surface area contributed by atoms with Crippen LogP contribution < -0.4 is 15.4 Å². The fraction of sp³-hybridized carbons (Fsp3) is 0.619. The Morgan fingerprint density at radius 3 is 2.52 bits per heavy atom. The second-order valence-electron chi connectivity index (χ2n) is 7.62. The maximum absolute atomic E-state index is 12.2. The van der Waals surface area contributed by atoms with Gasteiger partial charge in [0, 0.05) is 38.5 Å². The molecule has 6 nitrogen and oxygen atoms in total. The maximum Gasteiger partial charge on any atom is 0.224 e. The number of anilines is 2. The fourth-order valence-corrected chi connectivity index (χ4v) is 3.26. The zero-order chi connectivity index (χ0) is 19.8. The summed E-state index contributed by atoms with van der Waals surface area (Å²) in [5.41, 5.74) is 1.64. The Hall–Kier alpha value is -2.24. The van der Waals surface area contributed by atoms with Crippen molar-refractivity contribution in [2.45, 2.75) is 46.5 Å². The topological polar surface area (TPSA) is 70.7 Å². The first-order chi connectivity index (χ1) is 12.9. The van der Waals surface area contributed by atoms with Crippen LogP contribution in [0.4, 0.5) is 11.4 Å². The van der Waals surface area contributed by atoms with E-state index in [4.69, 9.17) is 4.74 Å². The summed E-state index contributed by atoms with van der Waals surface area (Å²) in [7, 11) is 1.63. The second-order valence-corrected chi connectivity index (χ2v) is 7.62. The predicted molar refractivity (Wildman–Crippen MR) is 109 cm³/mol. The maximum atomic E-state index is 12.2. The van der Waals surface area contributed by atoms with Crippen LogP contribution >= 0.6 is 0 Å². The van der Waals surface area contributed by atoms with Crippen LogP contribution in [0, 0.1) is 11.8 Å². The van der Waals surface area contributed by atoms with Gasteiger partial charge >= 0.3 is 0 Å². The van der Waals surface area contributed by atoms with Gasteiger partial charge in [-0.3, -0.25) is 9.59 Å². The highest BCUT2D eigenvalue weighted by Gasteiger charge is 2.23. The Balaban J connectivity index is 1.91. The molecule has 2 rings (SSSR count). The molecule has 1 aromatic carbocycles. The lowest BCUT2D eigenvalue weighted by Gasteiger charge is -2.33. The summed E-state index contributed by atoms with van der Waals surface area (Å²) in [6.07, 6.45) is 3.07. The summed E-state index contributed by atoms with van der Waals surface area (Å²) >= 11 is 0. The van der Waals surface area contributed by atoms with Crippen molar-refractivity contribution in [3.05, 3.63) is 18.2 Å². The van der Waals surface area contributed by atoms with E-state index in [0.717, 1.165) is 49.6 Å². The van der Waals surface area contributed by atoms with E-state index in [-0.39, 0.29) is 11.8 Å². The van der Waals surface area contributed by atoms with Crippen LogP contribution in [-0.4, -0.2) is 43.5 Å². The minimum atomic E-state index is -0.0137. The van der Waals surface area contributed by atoms with E-state index in [1.165, 1.54) is 0 Å². The average Bonchev–Trinajstić information content (AvgIpc) is 2.66. The van der Waals surface area contributed by atoms with Crippen molar-refractivity contribution in [3.8, 4) is 5.75 Å². The molecule has 150 valence electrons. The number of ether oxygens (including phenoxy) is 1. The number of nitrogens with one attached hydrogen (secondary N) is 2. The standard InChI is InChI=1S/C21H33N3O3/c1-5-20(25)23-18-7-6-17(27-4)13-19(18)22-14-16-8-10-24(11-9-16)21(26)12-15(2)3/h6-7,13,15-16,22H,5,8-12,14H2,1-4H3,(H,23,25). The van der Waals surface area contributed by atoms with Gasteiger partial charge in [0.2, 0.25) is 11.8 Å². The first kappa shape index (κ1) is 21.1. The number of amides is 2. The number of rotatable bonds is 8. The van der Waals surface area contributed by atoms with Gasteiger partial charge in [-0.1, -0.05) is 20.8 Å². The number of piperidine rings is 1. The zero-order valence-corrected chi connectivity index (χ0v) is 17.0. The van der Waals surface area contributed by atoms with E-state index in [1.807, 2.05) is 30.0 Å². The molecule has 0 unspecified atom stereocenters. The number of likely N-dealkylation sites (tertiary alicyclic amines) is 1. The van der Waals surface area contributed by atoms with Crippen LogP contribution in [0.15, 0.2) is 18.2 Å². The summed E-state index contributed by atoms with van der Waals surface area (Å²) in [6, 6.07) is 5.61. The average molecular weight is 376 g/mol. The second kappa shape index (κ2) is 10.2. The number of carbonyl (C=O) groups excluding carboxylic acids is 2. The van der Waals surface area contributed by atoms with Crippen LogP contribution in [0.5, 0.6) is 5.75 Å². The summed E-state index contributed by atoms with van der Waals surface area (Å²) in [6.45, 7) is 8.47. The van der Waals surface area contributed by atoms with E-state index in [0.29, 0.717) is 24.7 Å². The molecule has 1 fully saturated rings. The summed E-state index contributed by atoms with van der Waals surface area (Å²) in [4.78, 5) is 26.0. The summed E-state index contributed by atoms with van der Waals surface area (Å²) in [5.74, 6) is 1.92. The SMILES string of the molecule is CCC(=O)Nc1ccc(OC)cc1NCC1CCN(C(=O)CC(C)C)CC1. The fourth-order valence-electron chi connectivity index (χ4n) is 3.26. The number of hydrogen-bond acceptors (Lipinski definition) is 4. The molecule has 0 bridgehead atoms. The molecule has 2 N–H and O–H groups in total. The van der Waals surface area contributed by atoms with Crippen molar-refractivity contribution >= 4 is 23.2 Å². The lowest BCUT2D eigenvalue weighted by Crippen LogP contribution is -2.40. The molecule has 0 atom stereocenters. The van der Waals surface area contributed by atoms with Gasteiger partial charge in [-0.05, 0) is 36.8 Å². The van der Waals surface area contributed by atoms with Crippen molar-refractivity contribution in [2.75, 3.05) is 37.4 Å². The van der Waals surface area contributed by atoms with Crippen LogP contribution in [0.2, 0.25) is 0 Å². The van der Waals surface area contributed by atoms with Gasteiger partial charge < -0.3 is 20.3 Å². The minimum absolute atomic E-state index is 0.0137. The molecule has 1 aliphatic rings. The molecule has 2 amide bonds. The molecule has 1 heterocycles. The van der Waals surface area contributed by atoms with Crippen molar-refractivity contribution in [1.29, 1.82) is 0 Å². The van der Waals surface area contributed by atoms with E-state index in [1.54, 1.807) is 7.11 Å². The number of hydrogen-bond donors (Lipinski definition) is 2. The van der Waals surface area contributed by atoms with Gasteiger partial charge in [-0.2, -0.15) is 0 Å². The van der Waals surface area contributed by atoms with Crippen LogP contribution in [-0.2, 0) is 9.59 Å². The first-order valence-electron chi connectivity index (χ1n) is 9.92. The Morgan fingerprint density at radius 1 is 1.22 bits per heavy atom. The van der Waals surface area contributed by atoms with Gasteiger partial charge in [0.15, 0.2) is 0 Å². The van der Waals surface area contributed by atoms with Crippen molar-refractivity contribution in [1.82, 2.24) is 4.90 Å². The van der Waals surface area contributed by atoms with Gasteiger partial charge in [-0.15, -0.1) is 0 Å². The number of benzene rings is 1. The van der Waals surface area contributed by atoms with Gasteiger partial charge in [-0.25, -0.2) is 0 Å². The van der Waals surface area contributed by atoms with Crippen molar-refractivity contribution in [3.63, 3.8) is 0 Å². The molecule has 27 heavy (non-hydrogen) atoms. The highest BCUT2D eigenvalue weighted by molar-refractivity contribution is 5.94. The Morgan fingerprint density at radius 2 is 1.93 bits per heavy atom. The highest BCUT2D eigenvalue weighted by atomic mass is 16.5. The quantitative estimate of drug-likeness (QED) is 0.726. The molecule has 1 aliphatic heterocycles. The molecule has 0 spiro atoms. The molecular weight excluding hydrogens is 342 g/mol. The first-order valence-corrected chi connectivity index (χ1v) is 9.92. The summed E-state index contributed by atoms with van der Waals surface area (Å²) < 4.78 is 5.31. The molecular formula is C21H33N3O3. The monoisotopic (exact) mass is 375 g/mol. The third-order valence-electron chi connectivity index (χ3n) is 4.95. The van der Waals surface area contributed by atoms with E-state index in [2.05, 4.69) is 24.5 Å². The Bertz CT molecular complexity index is 638. The number of methoxy groups -OCH3 is 1. The smallest absolute Gasteiger partial charge is 0.224 e. The van der Waals surface area contributed by atoms with Crippen molar-refractivity contribution in [2.24, 2.45) is 11.8 Å². The highest BCUT2D eigenvalue weighted by Crippen LogP contribution is 2.28. The third kappa shape index (κ3) is 6.45. The largest absolute Gasteiger partial charge is 0.497 e. The minimum Gasteiger partial charge on any atom is -0.497 e. The van der Waals surface area contributed by atoms with Gasteiger partial charge in [0.1, 0.15) is 5.75 Å². The van der Waals surface area contributed by atoms with Gasteiger partial charge in [0.05, 0.1) is 18.5 Å².